The Bertz CT molecular complexity index is 512. The molecule has 1 aliphatic carbocycles. The van der Waals surface area contributed by atoms with Crippen molar-refractivity contribution in [1.82, 2.24) is 9.71 Å². The molecule has 1 aromatic rings. The van der Waals surface area contributed by atoms with Crippen LogP contribution in [0.15, 0.2) is 23.2 Å². The molecular formula is C12H19N3O2S. The summed E-state index contributed by atoms with van der Waals surface area (Å²) in [4.78, 5) is 4.26. The van der Waals surface area contributed by atoms with Gasteiger partial charge < -0.3 is 5.32 Å². The van der Waals surface area contributed by atoms with E-state index in [1.165, 1.54) is 31.2 Å². The summed E-state index contributed by atoms with van der Waals surface area (Å²) in [6, 6.07) is 3.02. The lowest BCUT2D eigenvalue weighted by Gasteiger charge is -2.14. The highest BCUT2D eigenvalue weighted by Crippen LogP contribution is 2.33. The fraction of sp³-hybridized carbons (Fsp3) is 0.583. The van der Waals surface area contributed by atoms with E-state index >= 15 is 0 Å². The third kappa shape index (κ3) is 3.43. The molecule has 1 saturated carbocycles. The molecule has 1 aliphatic rings. The smallest absolute Gasteiger partial charge is 0.240 e. The highest BCUT2D eigenvalue weighted by Gasteiger charge is 2.26. The Balaban J connectivity index is 2.08. The molecule has 18 heavy (non-hydrogen) atoms. The lowest BCUT2D eigenvalue weighted by Crippen LogP contribution is -2.33. The molecule has 2 N–H and O–H groups in total. The maximum absolute atomic E-state index is 12.1. The zero-order valence-electron chi connectivity index (χ0n) is 10.7. The molecular weight excluding hydrogens is 250 g/mol. The van der Waals surface area contributed by atoms with Gasteiger partial charge in [-0.25, -0.2) is 18.1 Å². The molecule has 1 unspecified atom stereocenters. The van der Waals surface area contributed by atoms with Crippen LogP contribution in [0.3, 0.4) is 0 Å². The number of hydrogen-bond donors (Lipinski definition) is 2. The summed E-state index contributed by atoms with van der Waals surface area (Å²) in [5, 5.41) is 2.83. The van der Waals surface area contributed by atoms with Crippen LogP contribution in [-0.2, 0) is 10.0 Å². The molecule has 0 radical (unpaired) electrons. The van der Waals surface area contributed by atoms with Crippen LogP contribution in [0.25, 0.3) is 0 Å². The molecule has 0 bridgehead atoms. The number of sulfonamides is 1. The second kappa shape index (κ2) is 5.24. The number of aromatic nitrogens is 1. The number of anilines is 1. The van der Waals surface area contributed by atoms with E-state index in [4.69, 9.17) is 0 Å². The molecule has 1 fully saturated rings. The average Bonchev–Trinajstić information content (AvgIpc) is 3.12. The summed E-state index contributed by atoms with van der Waals surface area (Å²) in [5.74, 6) is 1.25. The lowest BCUT2D eigenvalue weighted by atomic mass is 10.2. The summed E-state index contributed by atoms with van der Waals surface area (Å²) in [5.41, 5.74) is 0. The van der Waals surface area contributed by atoms with E-state index in [2.05, 4.69) is 15.0 Å². The van der Waals surface area contributed by atoms with Gasteiger partial charge in [0, 0.05) is 25.4 Å². The molecule has 2 rings (SSSR count). The van der Waals surface area contributed by atoms with Crippen LogP contribution in [0.5, 0.6) is 0 Å². The molecule has 0 saturated heterocycles. The molecule has 5 nitrogen and oxygen atoms in total. The zero-order chi connectivity index (χ0) is 13.2. The van der Waals surface area contributed by atoms with Gasteiger partial charge in [-0.15, -0.1) is 0 Å². The Labute approximate surface area is 108 Å². The maximum Gasteiger partial charge on any atom is 0.240 e. The van der Waals surface area contributed by atoms with Crippen LogP contribution in [0, 0.1) is 5.92 Å². The van der Waals surface area contributed by atoms with Gasteiger partial charge in [0.2, 0.25) is 10.0 Å². The topological polar surface area (TPSA) is 71.1 Å². The van der Waals surface area contributed by atoms with Gasteiger partial charge in [-0.2, -0.15) is 0 Å². The quantitative estimate of drug-likeness (QED) is 0.822. The predicted molar refractivity (Wildman–Crippen MR) is 70.9 cm³/mol. The van der Waals surface area contributed by atoms with Crippen LogP contribution in [0.4, 0.5) is 5.82 Å². The van der Waals surface area contributed by atoms with Gasteiger partial charge in [-0.1, -0.05) is 12.8 Å². The van der Waals surface area contributed by atoms with Crippen molar-refractivity contribution in [3.63, 3.8) is 0 Å². The van der Waals surface area contributed by atoms with Crippen molar-refractivity contribution in [2.75, 3.05) is 12.4 Å². The third-order valence-electron chi connectivity index (χ3n) is 3.04. The average molecular weight is 269 g/mol. The zero-order valence-corrected chi connectivity index (χ0v) is 11.5. The molecule has 0 amide bonds. The molecule has 0 aliphatic heterocycles. The van der Waals surface area contributed by atoms with E-state index in [1.54, 1.807) is 7.05 Å². The van der Waals surface area contributed by atoms with E-state index < -0.39 is 10.0 Å². The number of hydrogen-bond acceptors (Lipinski definition) is 4. The van der Waals surface area contributed by atoms with Crippen LogP contribution < -0.4 is 10.0 Å². The highest BCUT2D eigenvalue weighted by atomic mass is 32.2. The molecule has 6 heteroatoms. The van der Waals surface area contributed by atoms with Crippen LogP contribution in [0.1, 0.15) is 26.2 Å². The van der Waals surface area contributed by atoms with Gasteiger partial charge in [0.15, 0.2) is 0 Å². The first kappa shape index (κ1) is 13.3. The van der Waals surface area contributed by atoms with Gasteiger partial charge >= 0.3 is 0 Å². The summed E-state index contributed by atoms with van der Waals surface area (Å²) < 4.78 is 27.0. The minimum absolute atomic E-state index is 0.0197. The lowest BCUT2D eigenvalue weighted by molar-refractivity contribution is 0.530. The maximum atomic E-state index is 12.1. The number of pyridine rings is 1. The summed E-state index contributed by atoms with van der Waals surface area (Å²) in [6.07, 6.45) is 4.87. The van der Waals surface area contributed by atoms with E-state index in [9.17, 15) is 8.42 Å². The Kier molecular flexibility index (Phi) is 3.87. The Morgan fingerprint density at radius 1 is 1.50 bits per heavy atom. The first-order valence-electron chi connectivity index (χ1n) is 6.17. The summed E-state index contributed by atoms with van der Waals surface area (Å²) in [7, 11) is -1.73. The number of nitrogens with zero attached hydrogens (tertiary/aromatic N) is 1. The Morgan fingerprint density at radius 3 is 2.83 bits per heavy atom. The normalized spacial score (nSPS) is 17.4. The van der Waals surface area contributed by atoms with Crippen LogP contribution in [0.2, 0.25) is 0 Å². The van der Waals surface area contributed by atoms with Crippen molar-refractivity contribution in [2.45, 2.75) is 37.1 Å². The van der Waals surface area contributed by atoms with E-state index in [0.717, 1.165) is 6.42 Å². The first-order chi connectivity index (χ1) is 8.51. The van der Waals surface area contributed by atoms with Crippen molar-refractivity contribution < 1.29 is 8.42 Å². The van der Waals surface area contributed by atoms with Crippen molar-refractivity contribution in [3.05, 3.63) is 18.3 Å². The molecule has 0 spiro atoms. The van der Waals surface area contributed by atoms with Gasteiger partial charge in [-0.3, -0.25) is 0 Å². The number of nitrogens with one attached hydrogen (secondary N) is 2. The fourth-order valence-electron chi connectivity index (χ4n) is 1.95. The Morgan fingerprint density at radius 2 is 2.22 bits per heavy atom. The van der Waals surface area contributed by atoms with Crippen LogP contribution in [-0.4, -0.2) is 26.5 Å². The van der Waals surface area contributed by atoms with E-state index in [0.29, 0.717) is 11.7 Å². The summed E-state index contributed by atoms with van der Waals surface area (Å²) >= 11 is 0. The largest absolute Gasteiger partial charge is 0.373 e. The first-order valence-corrected chi connectivity index (χ1v) is 7.65. The highest BCUT2D eigenvalue weighted by molar-refractivity contribution is 7.89. The Hall–Kier alpha value is -1.14. The molecule has 100 valence electrons. The van der Waals surface area contributed by atoms with Gasteiger partial charge in [0.1, 0.15) is 5.82 Å². The molecule has 0 aromatic carbocycles. The van der Waals surface area contributed by atoms with Gasteiger partial charge in [0.05, 0.1) is 4.90 Å². The van der Waals surface area contributed by atoms with Crippen LogP contribution >= 0.6 is 0 Å². The monoisotopic (exact) mass is 269 g/mol. The van der Waals surface area contributed by atoms with Crippen molar-refractivity contribution in [1.29, 1.82) is 0 Å². The minimum atomic E-state index is -3.44. The second-order valence-corrected chi connectivity index (χ2v) is 6.54. The van der Waals surface area contributed by atoms with Crippen molar-refractivity contribution in [2.24, 2.45) is 5.92 Å². The number of rotatable bonds is 6. The standard InChI is InChI=1S/C12H19N3O2S/c1-9(7-10-3-4-10)15-18(16,17)11-5-6-14-12(8-11)13-2/h5-6,8-10,15H,3-4,7H2,1-2H3,(H,13,14). The molecule has 1 heterocycles. The predicted octanol–water partition coefficient (Wildman–Crippen LogP) is 1.59. The van der Waals surface area contributed by atoms with Crippen molar-refractivity contribution in [3.8, 4) is 0 Å². The minimum Gasteiger partial charge on any atom is -0.373 e. The fourth-order valence-corrected chi connectivity index (χ4v) is 3.22. The van der Waals surface area contributed by atoms with Gasteiger partial charge in [0.25, 0.3) is 0 Å². The van der Waals surface area contributed by atoms with E-state index in [-0.39, 0.29) is 10.9 Å². The second-order valence-electron chi connectivity index (χ2n) is 4.83. The molecule has 1 aromatic heterocycles. The van der Waals surface area contributed by atoms with Crippen molar-refractivity contribution >= 4 is 15.8 Å². The van der Waals surface area contributed by atoms with E-state index in [1.807, 2.05) is 6.92 Å². The third-order valence-corrected chi connectivity index (χ3v) is 4.63. The molecule has 1 atom stereocenters. The summed E-state index contributed by atoms with van der Waals surface area (Å²) in [6.45, 7) is 1.91. The SMILES string of the molecule is CNc1cc(S(=O)(=O)NC(C)CC2CC2)ccn1. The van der Waals surface area contributed by atoms with Gasteiger partial charge in [-0.05, 0) is 25.3 Å².